The van der Waals surface area contributed by atoms with Gasteiger partial charge in [-0.15, -0.1) is 0 Å². The van der Waals surface area contributed by atoms with E-state index in [4.69, 9.17) is 4.74 Å². The van der Waals surface area contributed by atoms with Crippen molar-refractivity contribution in [2.75, 3.05) is 27.3 Å². The summed E-state index contributed by atoms with van der Waals surface area (Å²) in [5, 5.41) is 12.9. The van der Waals surface area contributed by atoms with E-state index in [1.807, 2.05) is 18.2 Å². The van der Waals surface area contributed by atoms with E-state index >= 15 is 0 Å². The Kier molecular flexibility index (Phi) is 7.06. The lowest BCUT2D eigenvalue weighted by molar-refractivity contribution is -0.130. The van der Waals surface area contributed by atoms with Crippen molar-refractivity contribution in [3.05, 3.63) is 29.8 Å². The van der Waals surface area contributed by atoms with Gasteiger partial charge in [0.05, 0.1) is 0 Å². The fraction of sp³-hybridized carbons (Fsp3) is 0.632. The fourth-order valence-corrected chi connectivity index (χ4v) is 3.11. The Morgan fingerprint density at radius 1 is 1.33 bits per heavy atom. The Morgan fingerprint density at radius 3 is 2.67 bits per heavy atom. The summed E-state index contributed by atoms with van der Waals surface area (Å²) in [5.74, 6) is 1.15. The summed E-state index contributed by atoms with van der Waals surface area (Å²) in [4.78, 5) is 13.1. The van der Waals surface area contributed by atoms with Gasteiger partial charge in [0.2, 0.25) is 0 Å². The van der Waals surface area contributed by atoms with Crippen LogP contribution in [0.5, 0.6) is 5.75 Å². The van der Waals surface area contributed by atoms with E-state index in [1.54, 1.807) is 14.1 Å². The second-order valence-electron chi connectivity index (χ2n) is 6.94. The van der Waals surface area contributed by atoms with Crippen LogP contribution in [0.2, 0.25) is 0 Å². The third kappa shape index (κ3) is 5.49. The molecule has 1 saturated carbocycles. The fourth-order valence-electron chi connectivity index (χ4n) is 3.11. The monoisotopic (exact) mass is 334 g/mol. The lowest BCUT2D eigenvalue weighted by Crippen LogP contribution is -2.35. The number of hydrogen-bond donors (Lipinski definition) is 2. The van der Waals surface area contributed by atoms with Crippen LogP contribution in [0.1, 0.15) is 44.2 Å². The Balaban J connectivity index is 1.87. The second-order valence-corrected chi connectivity index (χ2v) is 6.94. The van der Waals surface area contributed by atoms with Gasteiger partial charge >= 0.3 is 0 Å². The van der Waals surface area contributed by atoms with Crippen LogP contribution in [0, 0.1) is 5.92 Å². The molecule has 1 amide bonds. The van der Waals surface area contributed by atoms with Gasteiger partial charge < -0.3 is 20.1 Å². The zero-order valence-electron chi connectivity index (χ0n) is 15.0. The van der Waals surface area contributed by atoms with Gasteiger partial charge in [-0.3, -0.25) is 4.79 Å². The van der Waals surface area contributed by atoms with Gasteiger partial charge in [0, 0.05) is 32.8 Å². The van der Waals surface area contributed by atoms with E-state index in [0.29, 0.717) is 18.6 Å². The third-order valence-electron chi connectivity index (χ3n) is 4.81. The molecule has 0 bridgehead atoms. The van der Waals surface area contributed by atoms with Crippen LogP contribution < -0.4 is 10.1 Å². The van der Waals surface area contributed by atoms with E-state index in [-0.39, 0.29) is 18.6 Å². The quantitative estimate of drug-likeness (QED) is 0.803. The number of rotatable bonds is 7. The number of nitrogens with one attached hydrogen (secondary N) is 1. The van der Waals surface area contributed by atoms with Crippen molar-refractivity contribution in [2.45, 2.75) is 44.7 Å². The molecule has 2 rings (SSSR count). The SMILES string of the molecule is CC(NC1CCC(CO)CC1)c1cccc(OCC(=O)N(C)C)c1. The molecule has 5 nitrogen and oxygen atoms in total. The van der Waals surface area contributed by atoms with Crippen molar-refractivity contribution in [1.29, 1.82) is 0 Å². The van der Waals surface area contributed by atoms with E-state index < -0.39 is 0 Å². The van der Waals surface area contributed by atoms with E-state index in [0.717, 1.165) is 37.0 Å². The summed E-state index contributed by atoms with van der Waals surface area (Å²) in [6.45, 7) is 2.53. The van der Waals surface area contributed by atoms with Crippen LogP contribution >= 0.6 is 0 Å². The smallest absolute Gasteiger partial charge is 0.259 e. The minimum atomic E-state index is -0.0489. The van der Waals surface area contributed by atoms with Gasteiger partial charge in [0.25, 0.3) is 5.91 Å². The van der Waals surface area contributed by atoms with E-state index in [1.165, 1.54) is 4.90 Å². The van der Waals surface area contributed by atoms with Crippen LogP contribution in [-0.4, -0.2) is 49.3 Å². The van der Waals surface area contributed by atoms with Crippen molar-refractivity contribution in [2.24, 2.45) is 5.92 Å². The normalized spacial score (nSPS) is 22.0. The van der Waals surface area contributed by atoms with Crippen LogP contribution in [0.25, 0.3) is 0 Å². The number of amides is 1. The van der Waals surface area contributed by atoms with E-state index in [2.05, 4.69) is 18.3 Å². The highest BCUT2D eigenvalue weighted by atomic mass is 16.5. The summed E-state index contributed by atoms with van der Waals surface area (Å²) in [6.07, 6.45) is 4.42. The Bertz CT molecular complexity index is 525. The van der Waals surface area contributed by atoms with Crippen LogP contribution in [0.4, 0.5) is 0 Å². The summed E-state index contributed by atoms with van der Waals surface area (Å²) in [7, 11) is 3.44. The predicted octanol–water partition coefficient (Wildman–Crippen LogP) is 2.36. The molecular formula is C19H30N2O3. The minimum absolute atomic E-state index is 0.0489. The first-order valence-corrected chi connectivity index (χ1v) is 8.79. The molecule has 0 aliphatic heterocycles. The van der Waals surface area contributed by atoms with Crippen LogP contribution in [0.15, 0.2) is 24.3 Å². The van der Waals surface area contributed by atoms with Gasteiger partial charge in [-0.25, -0.2) is 0 Å². The Labute approximate surface area is 145 Å². The lowest BCUT2D eigenvalue weighted by atomic mass is 9.86. The van der Waals surface area contributed by atoms with Gasteiger partial charge in [-0.05, 0) is 56.2 Å². The molecule has 1 aliphatic rings. The summed E-state index contributed by atoms with van der Waals surface area (Å²) < 4.78 is 5.59. The number of carbonyl (C=O) groups is 1. The highest BCUT2D eigenvalue weighted by molar-refractivity contribution is 5.77. The number of likely N-dealkylation sites (N-methyl/N-ethyl adjacent to an activating group) is 1. The van der Waals surface area contributed by atoms with E-state index in [9.17, 15) is 9.90 Å². The lowest BCUT2D eigenvalue weighted by Gasteiger charge is -2.30. The number of carbonyl (C=O) groups excluding carboxylic acids is 1. The maximum absolute atomic E-state index is 11.6. The molecule has 1 unspecified atom stereocenters. The highest BCUT2D eigenvalue weighted by Gasteiger charge is 2.22. The zero-order chi connectivity index (χ0) is 17.5. The van der Waals surface area contributed by atoms with Crippen molar-refractivity contribution in [3.8, 4) is 5.75 Å². The Hall–Kier alpha value is -1.59. The van der Waals surface area contributed by atoms with Gasteiger partial charge in [0.1, 0.15) is 5.75 Å². The van der Waals surface area contributed by atoms with Gasteiger partial charge in [-0.1, -0.05) is 12.1 Å². The molecule has 1 aromatic rings. The predicted molar refractivity (Wildman–Crippen MR) is 95.0 cm³/mol. The second kappa shape index (κ2) is 9.04. The molecule has 2 N–H and O–H groups in total. The summed E-state index contributed by atoms with van der Waals surface area (Å²) >= 11 is 0. The standard InChI is InChI=1S/C19H30N2O3/c1-14(20-17-9-7-15(12-22)8-10-17)16-5-4-6-18(11-16)24-13-19(23)21(2)3/h4-6,11,14-15,17,20,22H,7-10,12-13H2,1-3H3. The Morgan fingerprint density at radius 2 is 2.04 bits per heavy atom. The topological polar surface area (TPSA) is 61.8 Å². The van der Waals surface area contributed by atoms with Gasteiger partial charge in [0.15, 0.2) is 6.61 Å². The maximum atomic E-state index is 11.6. The first-order valence-electron chi connectivity index (χ1n) is 8.79. The maximum Gasteiger partial charge on any atom is 0.259 e. The van der Waals surface area contributed by atoms with Crippen molar-refractivity contribution < 1.29 is 14.6 Å². The largest absolute Gasteiger partial charge is 0.484 e. The van der Waals surface area contributed by atoms with Crippen molar-refractivity contribution in [3.63, 3.8) is 0 Å². The molecule has 0 radical (unpaired) electrons. The van der Waals surface area contributed by atoms with Crippen molar-refractivity contribution >= 4 is 5.91 Å². The number of hydrogen-bond acceptors (Lipinski definition) is 4. The zero-order valence-corrected chi connectivity index (χ0v) is 15.0. The summed E-state index contributed by atoms with van der Waals surface area (Å²) in [5.41, 5.74) is 1.16. The molecule has 1 aromatic carbocycles. The number of aliphatic hydroxyl groups excluding tert-OH is 1. The third-order valence-corrected chi connectivity index (χ3v) is 4.81. The molecule has 134 valence electrons. The number of aliphatic hydroxyl groups is 1. The molecule has 1 atom stereocenters. The van der Waals surface area contributed by atoms with Crippen molar-refractivity contribution in [1.82, 2.24) is 10.2 Å². The first-order chi connectivity index (χ1) is 11.5. The molecule has 1 aliphatic carbocycles. The van der Waals surface area contributed by atoms with Crippen LogP contribution in [0.3, 0.4) is 0 Å². The average molecular weight is 334 g/mol. The minimum Gasteiger partial charge on any atom is -0.484 e. The first kappa shape index (κ1) is 18.7. The number of nitrogens with zero attached hydrogens (tertiary/aromatic N) is 1. The molecular weight excluding hydrogens is 304 g/mol. The molecule has 24 heavy (non-hydrogen) atoms. The number of benzene rings is 1. The molecule has 0 aromatic heterocycles. The van der Waals surface area contributed by atoms with Crippen LogP contribution in [-0.2, 0) is 4.79 Å². The molecule has 5 heteroatoms. The molecule has 0 heterocycles. The van der Waals surface area contributed by atoms with Gasteiger partial charge in [-0.2, -0.15) is 0 Å². The molecule has 0 saturated heterocycles. The number of ether oxygens (including phenoxy) is 1. The average Bonchev–Trinajstić information content (AvgIpc) is 2.60. The highest BCUT2D eigenvalue weighted by Crippen LogP contribution is 2.26. The summed E-state index contributed by atoms with van der Waals surface area (Å²) in [6, 6.07) is 8.66. The molecule has 1 fully saturated rings. The molecule has 0 spiro atoms.